The number of hydrogen-bond acceptors (Lipinski definition) is 5. The number of primary amides is 1. The summed E-state index contributed by atoms with van der Waals surface area (Å²) in [5, 5.41) is 10.8. The lowest BCUT2D eigenvalue weighted by Crippen LogP contribution is -2.43. The maximum Gasteiger partial charge on any atom is 0.311 e. The van der Waals surface area contributed by atoms with E-state index in [9.17, 15) is 24.1 Å². The molecular weight excluding hydrogens is 309 g/mol. The maximum atomic E-state index is 13.2. The zero-order valence-electron chi connectivity index (χ0n) is 12.2. The van der Waals surface area contributed by atoms with Gasteiger partial charge in [-0.1, -0.05) is 0 Å². The molecule has 0 aromatic heterocycles. The smallest absolute Gasteiger partial charge is 0.311 e. The third kappa shape index (κ3) is 4.15. The summed E-state index contributed by atoms with van der Waals surface area (Å²) in [5.74, 6) is -2.00. The van der Waals surface area contributed by atoms with Gasteiger partial charge in [0.1, 0.15) is 5.82 Å². The summed E-state index contributed by atoms with van der Waals surface area (Å²) in [5.41, 5.74) is 4.81. The molecule has 0 atom stereocenters. The number of nitrogens with two attached hydrogens (primary N) is 1. The average Bonchev–Trinajstić information content (AvgIpc) is 2.52. The summed E-state index contributed by atoms with van der Waals surface area (Å²) in [4.78, 5) is 34.7. The van der Waals surface area contributed by atoms with E-state index >= 15 is 0 Å². The lowest BCUT2D eigenvalue weighted by molar-refractivity contribution is -0.385. The van der Waals surface area contributed by atoms with Gasteiger partial charge in [0.15, 0.2) is 6.61 Å². The Labute approximate surface area is 131 Å². The molecular formula is C14H16FN3O5. The van der Waals surface area contributed by atoms with E-state index < -0.39 is 23.0 Å². The Balaban J connectivity index is 1.94. The van der Waals surface area contributed by atoms with Crippen molar-refractivity contribution >= 4 is 17.5 Å². The molecule has 0 radical (unpaired) electrons. The van der Waals surface area contributed by atoms with E-state index in [0.717, 1.165) is 18.2 Å². The first-order chi connectivity index (χ1) is 10.9. The minimum atomic E-state index is -0.711. The standard InChI is InChI=1S/C14H16FN3O5/c15-10-1-2-11(18(21)22)12(7-10)23-8-13(19)17-5-3-9(4-6-17)14(16)20/h1-2,7,9H,3-6,8H2,(H2,16,20). The number of carbonyl (C=O) groups is 2. The number of halogens is 1. The SMILES string of the molecule is NC(=O)C1CCN(C(=O)COc2cc(F)ccc2[N+](=O)[O-])CC1. The molecule has 1 heterocycles. The Morgan fingerprint density at radius 2 is 2.04 bits per heavy atom. The Kier molecular flexibility index (Phi) is 5.09. The number of piperidine rings is 1. The average molecular weight is 325 g/mol. The highest BCUT2D eigenvalue weighted by molar-refractivity contribution is 5.79. The fraction of sp³-hybridized carbons (Fsp3) is 0.429. The number of hydrogen-bond donors (Lipinski definition) is 1. The minimum Gasteiger partial charge on any atom is -0.477 e. The summed E-state index contributed by atoms with van der Waals surface area (Å²) in [7, 11) is 0. The molecule has 1 fully saturated rings. The van der Waals surface area contributed by atoms with E-state index in [2.05, 4.69) is 0 Å². The summed E-state index contributed by atoms with van der Waals surface area (Å²) < 4.78 is 18.3. The van der Waals surface area contributed by atoms with Crippen LogP contribution in [0.25, 0.3) is 0 Å². The van der Waals surface area contributed by atoms with Gasteiger partial charge in [0.25, 0.3) is 5.91 Å². The van der Waals surface area contributed by atoms with Crippen molar-refractivity contribution in [2.75, 3.05) is 19.7 Å². The molecule has 0 spiro atoms. The normalized spacial score (nSPS) is 15.3. The van der Waals surface area contributed by atoms with Crippen molar-refractivity contribution in [2.24, 2.45) is 11.7 Å². The summed E-state index contributed by atoms with van der Waals surface area (Å²) in [6.45, 7) is 0.285. The number of benzene rings is 1. The number of likely N-dealkylation sites (tertiary alicyclic amines) is 1. The number of nitrogens with zero attached hydrogens (tertiary/aromatic N) is 2. The monoisotopic (exact) mass is 325 g/mol. The van der Waals surface area contributed by atoms with Crippen molar-refractivity contribution in [2.45, 2.75) is 12.8 Å². The highest BCUT2D eigenvalue weighted by atomic mass is 19.1. The molecule has 0 unspecified atom stereocenters. The maximum absolute atomic E-state index is 13.2. The summed E-state index contributed by atoms with van der Waals surface area (Å²) in [6, 6.07) is 2.79. The second-order valence-corrected chi connectivity index (χ2v) is 5.22. The Hall–Kier alpha value is -2.71. The van der Waals surface area contributed by atoms with Crippen LogP contribution < -0.4 is 10.5 Å². The molecule has 0 aliphatic carbocycles. The molecule has 2 N–H and O–H groups in total. The molecule has 1 aromatic carbocycles. The molecule has 124 valence electrons. The Bertz CT molecular complexity index is 629. The van der Waals surface area contributed by atoms with E-state index in [-0.39, 0.29) is 23.5 Å². The third-order valence-electron chi connectivity index (χ3n) is 3.72. The predicted octanol–water partition coefficient (Wildman–Crippen LogP) is 0.837. The van der Waals surface area contributed by atoms with Crippen LogP contribution in [-0.4, -0.2) is 41.3 Å². The van der Waals surface area contributed by atoms with Gasteiger partial charge < -0.3 is 15.4 Å². The number of rotatable bonds is 5. The topological polar surface area (TPSA) is 116 Å². The summed E-state index contributed by atoms with van der Waals surface area (Å²) in [6.07, 6.45) is 0.947. The number of ether oxygens (including phenoxy) is 1. The number of carbonyl (C=O) groups excluding carboxylic acids is 2. The zero-order valence-corrected chi connectivity index (χ0v) is 12.2. The van der Waals surface area contributed by atoms with Gasteiger partial charge in [-0.25, -0.2) is 4.39 Å². The van der Waals surface area contributed by atoms with Gasteiger partial charge in [0.2, 0.25) is 11.7 Å². The number of amides is 2. The van der Waals surface area contributed by atoms with Crippen molar-refractivity contribution < 1.29 is 23.6 Å². The predicted molar refractivity (Wildman–Crippen MR) is 77.0 cm³/mol. The Morgan fingerprint density at radius 1 is 1.39 bits per heavy atom. The molecule has 1 aliphatic rings. The molecule has 1 saturated heterocycles. The quantitative estimate of drug-likeness (QED) is 0.636. The van der Waals surface area contributed by atoms with E-state index in [1.165, 1.54) is 4.90 Å². The molecule has 9 heteroatoms. The molecule has 23 heavy (non-hydrogen) atoms. The zero-order chi connectivity index (χ0) is 17.0. The van der Waals surface area contributed by atoms with Gasteiger partial charge in [0, 0.05) is 31.1 Å². The first-order valence-corrected chi connectivity index (χ1v) is 7.02. The van der Waals surface area contributed by atoms with Crippen LogP contribution in [0.5, 0.6) is 5.75 Å². The first kappa shape index (κ1) is 16.7. The van der Waals surface area contributed by atoms with E-state index in [1.807, 2.05) is 0 Å². The highest BCUT2D eigenvalue weighted by Gasteiger charge is 2.26. The third-order valence-corrected chi connectivity index (χ3v) is 3.72. The lowest BCUT2D eigenvalue weighted by Gasteiger charge is -2.30. The van der Waals surface area contributed by atoms with E-state index in [1.54, 1.807) is 0 Å². The van der Waals surface area contributed by atoms with Gasteiger partial charge in [-0.15, -0.1) is 0 Å². The molecule has 1 aliphatic heterocycles. The first-order valence-electron chi connectivity index (χ1n) is 7.02. The molecule has 0 bridgehead atoms. The van der Waals surface area contributed by atoms with Crippen LogP contribution in [0.15, 0.2) is 18.2 Å². The van der Waals surface area contributed by atoms with Crippen LogP contribution >= 0.6 is 0 Å². The van der Waals surface area contributed by atoms with Crippen molar-refractivity contribution in [3.63, 3.8) is 0 Å². The van der Waals surface area contributed by atoms with Gasteiger partial charge >= 0.3 is 5.69 Å². The van der Waals surface area contributed by atoms with Crippen molar-refractivity contribution in [3.05, 3.63) is 34.1 Å². The fourth-order valence-corrected chi connectivity index (χ4v) is 2.40. The molecule has 0 saturated carbocycles. The molecule has 2 amide bonds. The largest absolute Gasteiger partial charge is 0.477 e. The second-order valence-electron chi connectivity index (χ2n) is 5.22. The number of nitro benzene ring substituents is 1. The molecule has 2 rings (SSSR count). The van der Waals surface area contributed by atoms with Gasteiger partial charge in [-0.3, -0.25) is 19.7 Å². The van der Waals surface area contributed by atoms with E-state index in [4.69, 9.17) is 10.5 Å². The highest BCUT2D eigenvalue weighted by Crippen LogP contribution is 2.27. The lowest BCUT2D eigenvalue weighted by atomic mass is 9.96. The number of nitro groups is 1. The van der Waals surface area contributed by atoms with Crippen LogP contribution in [-0.2, 0) is 9.59 Å². The van der Waals surface area contributed by atoms with E-state index in [0.29, 0.717) is 25.9 Å². The van der Waals surface area contributed by atoms with Gasteiger partial charge in [0.05, 0.1) is 4.92 Å². The molecule has 8 nitrogen and oxygen atoms in total. The van der Waals surface area contributed by atoms with Crippen LogP contribution in [0.2, 0.25) is 0 Å². The van der Waals surface area contributed by atoms with Crippen molar-refractivity contribution in [1.82, 2.24) is 4.90 Å². The van der Waals surface area contributed by atoms with Crippen molar-refractivity contribution in [1.29, 1.82) is 0 Å². The summed E-state index contributed by atoms with van der Waals surface area (Å²) >= 11 is 0. The van der Waals surface area contributed by atoms with Crippen LogP contribution in [0, 0.1) is 21.8 Å². The van der Waals surface area contributed by atoms with Crippen LogP contribution in [0.4, 0.5) is 10.1 Å². The minimum absolute atomic E-state index is 0.246. The van der Waals surface area contributed by atoms with Gasteiger partial charge in [-0.2, -0.15) is 0 Å². The fourth-order valence-electron chi connectivity index (χ4n) is 2.40. The van der Waals surface area contributed by atoms with Crippen LogP contribution in [0.3, 0.4) is 0 Å². The second kappa shape index (κ2) is 7.03. The Morgan fingerprint density at radius 3 is 2.61 bits per heavy atom. The van der Waals surface area contributed by atoms with Crippen molar-refractivity contribution in [3.8, 4) is 5.75 Å². The molecule has 1 aromatic rings. The van der Waals surface area contributed by atoms with Crippen LogP contribution in [0.1, 0.15) is 12.8 Å². The van der Waals surface area contributed by atoms with Gasteiger partial charge in [-0.05, 0) is 18.9 Å².